The fraction of sp³-hybridized carbons (Fsp3) is 0. The zero-order valence-electron chi connectivity index (χ0n) is 10.7. The summed E-state index contributed by atoms with van der Waals surface area (Å²) < 4.78 is 28.5. The van der Waals surface area contributed by atoms with Crippen LogP contribution in [0.3, 0.4) is 0 Å². The molecule has 0 saturated heterocycles. The fourth-order valence-corrected chi connectivity index (χ4v) is 2.25. The first-order valence-corrected chi connectivity index (χ1v) is 6.35. The predicted octanol–water partition coefficient (Wildman–Crippen LogP) is 5.30. The van der Waals surface area contributed by atoms with Gasteiger partial charge in [0.15, 0.2) is 0 Å². The molecule has 0 radical (unpaired) electrons. The second-order valence-electron chi connectivity index (χ2n) is 4.55. The molecule has 0 aromatic heterocycles. The van der Waals surface area contributed by atoms with Gasteiger partial charge in [-0.3, -0.25) is 0 Å². The van der Waals surface area contributed by atoms with Crippen LogP contribution in [0.4, 0.5) is 8.78 Å². The molecule has 0 atom stereocenters. The van der Waals surface area contributed by atoms with Gasteiger partial charge in [-0.05, 0) is 28.8 Å². The number of hydrogen-bond acceptors (Lipinski definition) is 0. The van der Waals surface area contributed by atoms with Crippen LogP contribution < -0.4 is 0 Å². The number of halogens is 2. The molecule has 0 aliphatic carbocycles. The van der Waals surface area contributed by atoms with Crippen molar-refractivity contribution in [2.24, 2.45) is 0 Å². The van der Waals surface area contributed by atoms with Crippen LogP contribution in [0.15, 0.2) is 72.8 Å². The summed E-state index contributed by atoms with van der Waals surface area (Å²) in [6.07, 6.45) is 0. The Morgan fingerprint density at radius 3 is 1.45 bits per heavy atom. The standard InChI is InChI=1S/C18H12F2/c19-16-11-15(13-7-3-1-4-8-13)12-17(20)18(16)14-9-5-2-6-10-14/h1-12H. The lowest BCUT2D eigenvalue weighted by atomic mass is 9.99. The average Bonchev–Trinajstić information content (AvgIpc) is 2.48. The van der Waals surface area contributed by atoms with E-state index in [-0.39, 0.29) is 5.56 Å². The van der Waals surface area contributed by atoms with E-state index in [4.69, 9.17) is 0 Å². The number of rotatable bonds is 2. The molecular formula is C18H12F2. The minimum absolute atomic E-state index is 0.0188. The van der Waals surface area contributed by atoms with E-state index in [0.29, 0.717) is 11.1 Å². The van der Waals surface area contributed by atoms with Gasteiger partial charge in [0.2, 0.25) is 0 Å². The van der Waals surface area contributed by atoms with Crippen LogP contribution >= 0.6 is 0 Å². The van der Waals surface area contributed by atoms with Gasteiger partial charge in [0, 0.05) is 0 Å². The third-order valence-electron chi connectivity index (χ3n) is 3.21. The van der Waals surface area contributed by atoms with Gasteiger partial charge in [-0.25, -0.2) is 8.78 Å². The maximum atomic E-state index is 14.2. The highest BCUT2D eigenvalue weighted by Gasteiger charge is 2.13. The van der Waals surface area contributed by atoms with Crippen LogP contribution in [-0.4, -0.2) is 0 Å². The van der Waals surface area contributed by atoms with Crippen LogP contribution in [0.25, 0.3) is 22.3 Å². The molecule has 20 heavy (non-hydrogen) atoms. The van der Waals surface area contributed by atoms with Crippen molar-refractivity contribution in [1.29, 1.82) is 0 Å². The van der Waals surface area contributed by atoms with E-state index in [2.05, 4.69) is 0 Å². The molecule has 0 saturated carbocycles. The van der Waals surface area contributed by atoms with E-state index in [9.17, 15) is 8.78 Å². The van der Waals surface area contributed by atoms with Gasteiger partial charge in [0.05, 0.1) is 5.56 Å². The van der Waals surface area contributed by atoms with Crippen molar-refractivity contribution in [1.82, 2.24) is 0 Å². The van der Waals surface area contributed by atoms with E-state index in [1.807, 2.05) is 36.4 Å². The van der Waals surface area contributed by atoms with Gasteiger partial charge in [0.25, 0.3) is 0 Å². The highest BCUT2D eigenvalue weighted by atomic mass is 19.1. The first-order chi connectivity index (χ1) is 9.75. The molecule has 0 spiro atoms. The molecule has 3 aromatic carbocycles. The Labute approximate surface area is 116 Å². The summed E-state index contributed by atoms with van der Waals surface area (Å²) >= 11 is 0. The van der Waals surface area contributed by atoms with Crippen molar-refractivity contribution in [2.75, 3.05) is 0 Å². The van der Waals surface area contributed by atoms with Gasteiger partial charge in [-0.2, -0.15) is 0 Å². The summed E-state index contributed by atoms with van der Waals surface area (Å²) in [4.78, 5) is 0. The summed E-state index contributed by atoms with van der Waals surface area (Å²) in [7, 11) is 0. The van der Waals surface area contributed by atoms with Crippen LogP contribution in [0.1, 0.15) is 0 Å². The van der Waals surface area contributed by atoms with Crippen molar-refractivity contribution in [3.05, 3.63) is 84.4 Å². The first kappa shape index (κ1) is 12.5. The van der Waals surface area contributed by atoms with E-state index < -0.39 is 11.6 Å². The zero-order chi connectivity index (χ0) is 13.9. The summed E-state index contributed by atoms with van der Waals surface area (Å²) in [6.45, 7) is 0. The average molecular weight is 266 g/mol. The normalized spacial score (nSPS) is 10.5. The van der Waals surface area contributed by atoms with Gasteiger partial charge < -0.3 is 0 Å². The van der Waals surface area contributed by atoms with Gasteiger partial charge >= 0.3 is 0 Å². The van der Waals surface area contributed by atoms with Crippen LogP contribution in [0.5, 0.6) is 0 Å². The molecular weight excluding hydrogens is 254 g/mol. The molecule has 0 nitrogen and oxygen atoms in total. The molecule has 0 aliphatic rings. The largest absolute Gasteiger partial charge is 0.206 e. The predicted molar refractivity (Wildman–Crippen MR) is 77.2 cm³/mol. The highest BCUT2D eigenvalue weighted by molar-refractivity contribution is 5.71. The summed E-state index contributed by atoms with van der Waals surface area (Å²) in [5, 5.41) is 0. The molecule has 3 aromatic rings. The molecule has 0 bridgehead atoms. The van der Waals surface area contributed by atoms with E-state index >= 15 is 0 Å². The Kier molecular flexibility index (Phi) is 3.30. The van der Waals surface area contributed by atoms with Crippen molar-refractivity contribution in [3.63, 3.8) is 0 Å². The van der Waals surface area contributed by atoms with Crippen molar-refractivity contribution < 1.29 is 8.78 Å². The van der Waals surface area contributed by atoms with Gasteiger partial charge in [-0.1, -0.05) is 60.7 Å². The maximum Gasteiger partial charge on any atom is 0.134 e. The Balaban J connectivity index is 2.13. The van der Waals surface area contributed by atoms with Gasteiger partial charge in [-0.15, -0.1) is 0 Å². The maximum absolute atomic E-state index is 14.2. The van der Waals surface area contributed by atoms with Gasteiger partial charge in [0.1, 0.15) is 11.6 Å². The topological polar surface area (TPSA) is 0 Å². The Bertz CT molecular complexity index is 696. The summed E-state index contributed by atoms with van der Waals surface area (Å²) in [5.74, 6) is -1.09. The van der Waals surface area contributed by atoms with Crippen molar-refractivity contribution in [2.45, 2.75) is 0 Å². The molecule has 0 N–H and O–H groups in total. The second kappa shape index (κ2) is 5.25. The van der Waals surface area contributed by atoms with Crippen LogP contribution in [0.2, 0.25) is 0 Å². The zero-order valence-corrected chi connectivity index (χ0v) is 10.7. The first-order valence-electron chi connectivity index (χ1n) is 6.35. The number of hydrogen-bond donors (Lipinski definition) is 0. The minimum atomic E-state index is -0.546. The Morgan fingerprint density at radius 2 is 0.950 bits per heavy atom. The summed E-state index contributed by atoms with van der Waals surface area (Å²) in [6, 6.07) is 20.7. The highest BCUT2D eigenvalue weighted by Crippen LogP contribution is 2.30. The SMILES string of the molecule is Fc1cc(-c2ccccc2)cc(F)c1-c1ccccc1. The van der Waals surface area contributed by atoms with E-state index in [1.54, 1.807) is 24.3 Å². The molecule has 0 amide bonds. The van der Waals surface area contributed by atoms with Crippen molar-refractivity contribution in [3.8, 4) is 22.3 Å². The third kappa shape index (κ3) is 2.32. The van der Waals surface area contributed by atoms with Crippen LogP contribution in [0, 0.1) is 11.6 Å². The van der Waals surface area contributed by atoms with E-state index in [1.165, 1.54) is 12.1 Å². The lowest BCUT2D eigenvalue weighted by Gasteiger charge is -2.08. The van der Waals surface area contributed by atoms with E-state index in [0.717, 1.165) is 5.56 Å². The quantitative estimate of drug-likeness (QED) is 0.590. The molecule has 2 heteroatoms. The Morgan fingerprint density at radius 1 is 0.500 bits per heavy atom. The second-order valence-corrected chi connectivity index (χ2v) is 4.55. The minimum Gasteiger partial charge on any atom is -0.206 e. The smallest absolute Gasteiger partial charge is 0.134 e. The Hall–Kier alpha value is -2.48. The lowest BCUT2D eigenvalue weighted by Crippen LogP contribution is -1.92. The third-order valence-corrected chi connectivity index (χ3v) is 3.21. The lowest BCUT2D eigenvalue weighted by molar-refractivity contribution is 0.590. The van der Waals surface area contributed by atoms with Crippen LogP contribution in [-0.2, 0) is 0 Å². The molecule has 0 aliphatic heterocycles. The molecule has 3 rings (SSSR count). The molecule has 0 heterocycles. The molecule has 0 fully saturated rings. The van der Waals surface area contributed by atoms with Crippen molar-refractivity contribution >= 4 is 0 Å². The molecule has 98 valence electrons. The molecule has 0 unspecified atom stereocenters. The summed E-state index contributed by atoms with van der Waals surface area (Å²) in [5.41, 5.74) is 1.90. The fourth-order valence-electron chi connectivity index (χ4n) is 2.25. The monoisotopic (exact) mass is 266 g/mol. The number of benzene rings is 3.